The fourth-order valence-corrected chi connectivity index (χ4v) is 2.63. The first-order chi connectivity index (χ1) is 10.1. The van der Waals surface area contributed by atoms with Crippen molar-refractivity contribution in [3.63, 3.8) is 0 Å². The second kappa shape index (κ2) is 7.29. The lowest BCUT2D eigenvalue weighted by Crippen LogP contribution is -2.23. The molecule has 0 saturated carbocycles. The van der Waals surface area contributed by atoms with Gasteiger partial charge in [-0.3, -0.25) is 9.59 Å². The van der Waals surface area contributed by atoms with E-state index in [1.165, 1.54) is 6.92 Å². The fourth-order valence-electron chi connectivity index (χ4n) is 1.78. The molecule has 0 radical (unpaired) electrons. The smallest absolute Gasteiger partial charge is 0.252 e. The number of carbonyl (C=O) groups is 2. The van der Waals surface area contributed by atoms with Gasteiger partial charge in [-0.15, -0.1) is 0 Å². The van der Waals surface area contributed by atoms with E-state index < -0.39 is 0 Å². The van der Waals surface area contributed by atoms with Crippen LogP contribution in [0.1, 0.15) is 22.8 Å². The zero-order chi connectivity index (χ0) is 15.2. The Morgan fingerprint density at radius 1 is 1.10 bits per heavy atom. The normalized spacial score (nSPS) is 10.2. The van der Waals surface area contributed by atoms with Crippen LogP contribution in [0.5, 0.6) is 0 Å². The molecular formula is C16H14ClNO2S. The van der Waals surface area contributed by atoms with Crippen molar-refractivity contribution < 1.29 is 9.59 Å². The standard InChI is InChI=1S/C16H14ClNO2S/c1-11(19)21-15-5-3-2-4-14(15)16(20)18-10-12-6-8-13(17)9-7-12/h2-9H,10H2,1H3,(H,18,20). The molecule has 21 heavy (non-hydrogen) atoms. The summed E-state index contributed by atoms with van der Waals surface area (Å²) >= 11 is 6.88. The molecule has 0 aliphatic heterocycles. The van der Waals surface area contributed by atoms with Crippen molar-refractivity contribution in [2.75, 3.05) is 0 Å². The molecule has 0 atom stereocenters. The van der Waals surface area contributed by atoms with Gasteiger partial charge in [-0.25, -0.2) is 0 Å². The first-order valence-electron chi connectivity index (χ1n) is 6.36. The molecule has 0 fully saturated rings. The molecule has 1 amide bonds. The van der Waals surface area contributed by atoms with E-state index in [0.29, 0.717) is 22.0 Å². The van der Waals surface area contributed by atoms with Gasteiger partial charge in [0.1, 0.15) is 0 Å². The summed E-state index contributed by atoms with van der Waals surface area (Å²) in [6.07, 6.45) is 0. The molecule has 0 unspecified atom stereocenters. The van der Waals surface area contributed by atoms with Crippen molar-refractivity contribution in [2.24, 2.45) is 0 Å². The minimum atomic E-state index is -0.200. The summed E-state index contributed by atoms with van der Waals surface area (Å²) in [7, 11) is 0. The van der Waals surface area contributed by atoms with Crippen LogP contribution in [-0.2, 0) is 11.3 Å². The van der Waals surface area contributed by atoms with E-state index in [4.69, 9.17) is 11.6 Å². The highest BCUT2D eigenvalue weighted by atomic mass is 35.5. The second-order valence-corrected chi connectivity index (χ2v) is 6.05. The van der Waals surface area contributed by atoms with Gasteiger partial charge in [0.2, 0.25) is 0 Å². The highest BCUT2D eigenvalue weighted by Crippen LogP contribution is 2.23. The molecule has 3 nitrogen and oxygen atoms in total. The molecule has 1 N–H and O–H groups in total. The summed E-state index contributed by atoms with van der Waals surface area (Å²) in [5.41, 5.74) is 1.47. The number of rotatable bonds is 4. The van der Waals surface area contributed by atoms with Crippen LogP contribution in [0.25, 0.3) is 0 Å². The van der Waals surface area contributed by atoms with Crippen LogP contribution in [0, 0.1) is 0 Å². The van der Waals surface area contributed by atoms with Crippen molar-refractivity contribution in [3.05, 3.63) is 64.7 Å². The lowest BCUT2D eigenvalue weighted by atomic mass is 10.2. The molecule has 0 aliphatic carbocycles. The van der Waals surface area contributed by atoms with Crippen LogP contribution < -0.4 is 5.32 Å². The van der Waals surface area contributed by atoms with Crippen LogP contribution in [0.4, 0.5) is 0 Å². The molecule has 0 bridgehead atoms. The number of benzene rings is 2. The Hall–Kier alpha value is -1.78. The molecule has 0 spiro atoms. The number of nitrogens with one attached hydrogen (secondary N) is 1. The minimum absolute atomic E-state index is 0.0482. The zero-order valence-corrected chi connectivity index (χ0v) is 13.0. The van der Waals surface area contributed by atoms with Crippen molar-refractivity contribution in [1.29, 1.82) is 0 Å². The molecule has 0 aliphatic rings. The highest BCUT2D eigenvalue weighted by Gasteiger charge is 2.12. The van der Waals surface area contributed by atoms with Crippen molar-refractivity contribution in [2.45, 2.75) is 18.4 Å². The fraction of sp³-hybridized carbons (Fsp3) is 0.125. The first-order valence-corrected chi connectivity index (χ1v) is 7.56. The second-order valence-electron chi connectivity index (χ2n) is 4.40. The van der Waals surface area contributed by atoms with Gasteiger partial charge in [0.05, 0.1) is 5.56 Å². The largest absolute Gasteiger partial charge is 0.348 e. The Bertz CT molecular complexity index is 656. The number of thioether (sulfide) groups is 1. The van der Waals surface area contributed by atoms with Crippen LogP contribution >= 0.6 is 23.4 Å². The summed E-state index contributed by atoms with van der Waals surface area (Å²) in [4.78, 5) is 24.1. The summed E-state index contributed by atoms with van der Waals surface area (Å²) in [5.74, 6) is -0.200. The molecule has 5 heteroatoms. The third kappa shape index (κ3) is 4.62. The number of carbonyl (C=O) groups excluding carboxylic acids is 2. The Labute approximate surface area is 132 Å². The monoisotopic (exact) mass is 319 g/mol. The van der Waals surface area contributed by atoms with Crippen LogP contribution in [-0.4, -0.2) is 11.0 Å². The third-order valence-corrected chi connectivity index (χ3v) is 3.87. The lowest BCUT2D eigenvalue weighted by Gasteiger charge is -2.09. The molecule has 0 saturated heterocycles. The maximum Gasteiger partial charge on any atom is 0.252 e. The van der Waals surface area contributed by atoms with E-state index in [0.717, 1.165) is 17.3 Å². The Balaban J connectivity index is 2.06. The number of halogens is 1. The van der Waals surface area contributed by atoms with Gasteiger partial charge in [0.15, 0.2) is 5.12 Å². The topological polar surface area (TPSA) is 46.2 Å². The summed E-state index contributed by atoms with van der Waals surface area (Å²) in [6.45, 7) is 1.89. The average molecular weight is 320 g/mol. The van der Waals surface area contributed by atoms with Crippen molar-refractivity contribution in [3.8, 4) is 0 Å². The molecule has 2 aromatic carbocycles. The molecule has 0 aromatic heterocycles. The van der Waals surface area contributed by atoms with Gasteiger partial charge < -0.3 is 5.32 Å². The maximum atomic E-state index is 12.2. The summed E-state index contributed by atoms with van der Waals surface area (Å²) in [5, 5.41) is 3.45. The van der Waals surface area contributed by atoms with Gasteiger partial charge in [-0.2, -0.15) is 0 Å². The van der Waals surface area contributed by atoms with Crippen LogP contribution in [0.2, 0.25) is 5.02 Å². The van der Waals surface area contributed by atoms with Crippen LogP contribution in [0.3, 0.4) is 0 Å². The van der Waals surface area contributed by atoms with Crippen molar-refractivity contribution in [1.82, 2.24) is 5.32 Å². The molecule has 0 heterocycles. The minimum Gasteiger partial charge on any atom is -0.348 e. The Morgan fingerprint density at radius 2 is 1.76 bits per heavy atom. The van der Waals surface area contributed by atoms with Gasteiger partial charge in [-0.05, 0) is 29.8 Å². The quantitative estimate of drug-likeness (QED) is 0.869. The van der Waals surface area contributed by atoms with E-state index in [1.807, 2.05) is 12.1 Å². The number of hydrogen-bond donors (Lipinski definition) is 1. The van der Waals surface area contributed by atoms with Gasteiger partial charge in [0, 0.05) is 23.4 Å². The molecule has 108 valence electrons. The molecule has 2 rings (SSSR count). The van der Waals surface area contributed by atoms with Gasteiger partial charge >= 0.3 is 0 Å². The molecular weight excluding hydrogens is 306 g/mol. The molecule has 2 aromatic rings. The third-order valence-electron chi connectivity index (χ3n) is 2.75. The number of hydrogen-bond acceptors (Lipinski definition) is 3. The summed E-state index contributed by atoms with van der Waals surface area (Å²) in [6, 6.07) is 14.3. The number of amides is 1. The Kier molecular flexibility index (Phi) is 5.42. The van der Waals surface area contributed by atoms with E-state index >= 15 is 0 Å². The van der Waals surface area contributed by atoms with E-state index in [-0.39, 0.29) is 11.0 Å². The predicted molar refractivity (Wildman–Crippen MR) is 85.6 cm³/mol. The average Bonchev–Trinajstić information content (AvgIpc) is 2.46. The zero-order valence-electron chi connectivity index (χ0n) is 11.4. The van der Waals surface area contributed by atoms with Crippen molar-refractivity contribution >= 4 is 34.4 Å². The van der Waals surface area contributed by atoms with E-state index in [9.17, 15) is 9.59 Å². The van der Waals surface area contributed by atoms with Crippen LogP contribution in [0.15, 0.2) is 53.4 Å². The first kappa shape index (κ1) is 15.6. The lowest BCUT2D eigenvalue weighted by molar-refractivity contribution is -0.109. The highest BCUT2D eigenvalue weighted by molar-refractivity contribution is 8.13. The summed E-state index contributed by atoms with van der Waals surface area (Å²) < 4.78 is 0. The van der Waals surface area contributed by atoms with E-state index in [2.05, 4.69) is 5.32 Å². The van der Waals surface area contributed by atoms with Gasteiger partial charge in [0.25, 0.3) is 5.91 Å². The van der Waals surface area contributed by atoms with E-state index in [1.54, 1.807) is 36.4 Å². The van der Waals surface area contributed by atoms with Gasteiger partial charge in [-0.1, -0.05) is 47.6 Å². The maximum absolute atomic E-state index is 12.2. The SMILES string of the molecule is CC(=O)Sc1ccccc1C(=O)NCc1ccc(Cl)cc1. The Morgan fingerprint density at radius 3 is 2.43 bits per heavy atom. The predicted octanol–water partition coefficient (Wildman–Crippen LogP) is 3.91.